The lowest BCUT2D eigenvalue weighted by Gasteiger charge is -2.09. The molecule has 0 aliphatic heterocycles. The highest BCUT2D eigenvalue weighted by Crippen LogP contribution is 2.16. The fourth-order valence-electron chi connectivity index (χ4n) is 5.35. The maximum atomic E-state index is 12.0. The molecular weight excluding hydrogens is 440 g/mol. The first-order valence-electron chi connectivity index (χ1n) is 16.9. The molecule has 0 aliphatic rings. The SMILES string of the molecule is CCCCCCCCCCCCCCCCCCCCCCCCCC(=O)CCCC(O)CCCC. The van der Waals surface area contributed by atoms with E-state index in [-0.39, 0.29) is 6.10 Å². The molecule has 216 valence electrons. The van der Waals surface area contributed by atoms with Crippen LogP contribution in [0.4, 0.5) is 0 Å². The van der Waals surface area contributed by atoms with Crippen molar-refractivity contribution in [2.24, 2.45) is 0 Å². The third kappa shape index (κ3) is 29.9. The normalized spacial score (nSPS) is 12.3. The molecule has 36 heavy (non-hydrogen) atoms. The molecule has 0 aromatic rings. The fraction of sp³-hybridized carbons (Fsp3) is 0.971. The van der Waals surface area contributed by atoms with Crippen LogP contribution in [0.15, 0.2) is 0 Å². The van der Waals surface area contributed by atoms with E-state index in [1.54, 1.807) is 0 Å². The topological polar surface area (TPSA) is 37.3 Å². The number of unbranched alkanes of at least 4 members (excludes halogenated alkanes) is 23. The lowest BCUT2D eigenvalue weighted by Crippen LogP contribution is -2.07. The van der Waals surface area contributed by atoms with Gasteiger partial charge in [-0.1, -0.05) is 168 Å². The molecule has 0 aromatic carbocycles. The first-order chi connectivity index (χ1) is 17.7. The molecule has 0 heterocycles. The smallest absolute Gasteiger partial charge is 0.132 e. The lowest BCUT2D eigenvalue weighted by molar-refractivity contribution is -0.119. The van der Waals surface area contributed by atoms with Crippen LogP contribution in [0, 0.1) is 0 Å². The first-order valence-corrected chi connectivity index (χ1v) is 16.9. The number of ketones is 1. The zero-order valence-electron chi connectivity index (χ0n) is 25.1. The van der Waals surface area contributed by atoms with Gasteiger partial charge in [0.25, 0.3) is 0 Å². The Kier molecular flexibility index (Phi) is 30.5. The Morgan fingerprint density at radius 1 is 0.417 bits per heavy atom. The monoisotopic (exact) mass is 509 g/mol. The van der Waals surface area contributed by atoms with Gasteiger partial charge in [-0.05, 0) is 25.7 Å². The van der Waals surface area contributed by atoms with E-state index in [2.05, 4.69) is 13.8 Å². The molecular formula is C34H68O2. The summed E-state index contributed by atoms with van der Waals surface area (Å²) in [6.45, 7) is 4.45. The van der Waals surface area contributed by atoms with Gasteiger partial charge in [0.05, 0.1) is 6.10 Å². The summed E-state index contributed by atoms with van der Waals surface area (Å²) in [5, 5.41) is 9.85. The molecule has 1 N–H and O–H groups in total. The van der Waals surface area contributed by atoms with Crippen LogP contribution >= 0.6 is 0 Å². The van der Waals surface area contributed by atoms with Crippen molar-refractivity contribution in [3.63, 3.8) is 0 Å². The predicted molar refractivity (Wildman–Crippen MR) is 161 cm³/mol. The van der Waals surface area contributed by atoms with E-state index in [0.717, 1.165) is 44.9 Å². The van der Waals surface area contributed by atoms with Crippen molar-refractivity contribution in [1.82, 2.24) is 0 Å². The van der Waals surface area contributed by atoms with Crippen LogP contribution in [-0.2, 0) is 4.79 Å². The standard InChI is InChI=1S/C34H68O2/c1-3-5-7-8-9-10-11-12-13-14-15-16-17-18-19-20-21-22-23-24-25-26-27-30-34(36)32-28-31-33(35)29-6-4-2/h33,35H,3-32H2,1-2H3. The Morgan fingerprint density at radius 3 is 1.06 bits per heavy atom. The van der Waals surface area contributed by atoms with Crippen LogP contribution in [0.2, 0.25) is 0 Å². The van der Waals surface area contributed by atoms with E-state index in [9.17, 15) is 9.90 Å². The summed E-state index contributed by atoms with van der Waals surface area (Å²) in [5.74, 6) is 0.404. The van der Waals surface area contributed by atoms with Crippen LogP contribution in [0.3, 0.4) is 0 Å². The second kappa shape index (κ2) is 30.9. The minimum Gasteiger partial charge on any atom is -0.393 e. The third-order valence-electron chi connectivity index (χ3n) is 7.94. The lowest BCUT2D eigenvalue weighted by atomic mass is 10.0. The summed E-state index contributed by atoms with van der Waals surface area (Å²) in [6, 6.07) is 0. The van der Waals surface area contributed by atoms with E-state index in [4.69, 9.17) is 0 Å². The molecule has 2 heteroatoms. The molecule has 0 amide bonds. The van der Waals surface area contributed by atoms with E-state index in [1.165, 1.54) is 141 Å². The van der Waals surface area contributed by atoms with Gasteiger partial charge in [0, 0.05) is 12.8 Å². The maximum absolute atomic E-state index is 12.0. The molecule has 0 aliphatic carbocycles. The second-order valence-electron chi connectivity index (χ2n) is 11.8. The van der Waals surface area contributed by atoms with Crippen molar-refractivity contribution in [1.29, 1.82) is 0 Å². The summed E-state index contributed by atoms with van der Waals surface area (Å²) < 4.78 is 0. The zero-order chi connectivity index (χ0) is 26.4. The van der Waals surface area contributed by atoms with Crippen molar-refractivity contribution in [2.45, 2.75) is 213 Å². The quantitative estimate of drug-likeness (QED) is 0.0945. The van der Waals surface area contributed by atoms with Crippen molar-refractivity contribution in [3.8, 4) is 0 Å². The maximum Gasteiger partial charge on any atom is 0.132 e. The van der Waals surface area contributed by atoms with E-state index in [0.29, 0.717) is 12.2 Å². The first kappa shape index (κ1) is 35.6. The number of carbonyl (C=O) groups excluding carboxylic acids is 1. The molecule has 2 nitrogen and oxygen atoms in total. The highest BCUT2D eigenvalue weighted by atomic mass is 16.3. The number of hydrogen-bond acceptors (Lipinski definition) is 2. The van der Waals surface area contributed by atoms with Crippen molar-refractivity contribution >= 4 is 5.78 Å². The third-order valence-corrected chi connectivity index (χ3v) is 7.94. The summed E-state index contributed by atoms with van der Waals surface area (Å²) in [5.41, 5.74) is 0. The Bertz CT molecular complexity index is 419. The van der Waals surface area contributed by atoms with Crippen LogP contribution in [0.5, 0.6) is 0 Å². The summed E-state index contributed by atoms with van der Waals surface area (Å²) in [6.07, 6.45) is 38.3. The van der Waals surface area contributed by atoms with Gasteiger partial charge in [-0.15, -0.1) is 0 Å². The molecule has 0 fully saturated rings. The number of Topliss-reactive ketones (excluding diaryl/α,β-unsaturated/α-hetero) is 1. The number of hydrogen-bond donors (Lipinski definition) is 1. The molecule has 0 aromatic heterocycles. The Labute approximate surface area is 228 Å². The van der Waals surface area contributed by atoms with Crippen molar-refractivity contribution in [2.75, 3.05) is 0 Å². The van der Waals surface area contributed by atoms with Crippen LogP contribution in [0.1, 0.15) is 206 Å². The van der Waals surface area contributed by atoms with Gasteiger partial charge >= 0.3 is 0 Å². The van der Waals surface area contributed by atoms with E-state index >= 15 is 0 Å². The zero-order valence-corrected chi connectivity index (χ0v) is 25.1. The van der Waals surface area contributed by atoms with Crippen LogP contribution in [-0.4, -0.2) is 17.0 Å². The molecule has 0 radical (unpaired) electrons. The van der Waals surface area contributed by atoms with E-state index < -0.39 is 0 Å². The predicted octanol–water partition coefficient (Wildman–Crippen LogP) is 11.7. The van der Waals surface area contributed by atoms with Gasteiger partial charge in [0.2, 0.25) is 0 Å². The van der Waals surface area contributed by atoms with Gasteiger partial charge in [0.15, 0.2) is 0 Å². The largest absolute Gasteiger partial charge is 0.393 e. The molecule has 1 unspecified atom stereocenters. The average molecular weight is 509 g/mol. The van der Waals surface area contributed by atoms with Gasteiger partial charge < -0.3 is 5.11 Å². The Morgan fingerprint density at radius 2 is 0.694 bits per heavy atom. The summed E-state index contributed by atoms with van der Waals surface area (Å²) >= 11 is 0. The molecule has 0 bridgehead atoms. The number of rotatable bonds is 31. The van der Waals surface area contributed by atoms with E-state index in [1.807, 2.05) is 0 Å². The summed E-state index contributed by atoms with van der Waals surface area (Å²) in [4.78, 5) is 12.0. The van der Waals surface area contributed by atoms with Gasteiger partial charge in [0.1, 0.15) is 5.78 Å². The van der Waals surface area contributed by atoms with Crippen LogP contribution < -0.4 is 0 Å². The highest BCUT2D eigenvalue weighted by molar-refractivity contribution is 5.78. The number of aliphatic hydroxyl groups excluding tert-OH is 1. The Balaban J connectivity index is 3.14. The average Bonchev–Trinajstić information content (AvgIpc) is 2.88. The molecule has 0 saturated heterocycles. The second-order valence-corrected chi connectivity index (χ2v) is 11.8. The highest BCUT2D eigenvalue weighted by Gasteiger charge is 2.06. The molecule has 0 spiro atoms. The van der Waals surface area contributed by atoms with Crippen LogP contribution in [0.25, 0.3) is 0 Å². The Hall–Kier alpha value is -0.370. The minimum absolute atomic E-state index is 0.197. The fourth-order valence-corrected chi connectivity index (χ4v) is 5.35. The van der Waals surface area contributed by atoms with Gasteiger partial charge in [-0.2, -0.15) is 0 Å². The molecule has 0 saturated carbocycles. The van der Waals surface area contributed by atoms with Gasteiger partial charge in [-0.3, -0.25) is 4.79 Å². The number of aliphatic hydroxyl groups is 1. The van der Waals surface area contributed by atoms with Crippen molar-refractivity contribution < 1.29 is 9.90 Å². The minimum atomic E-state index is -0.197. The molecule has 1 atom stereocenters. The molecule has 0 rings (SSSR count). The van der Waals surface area contributed by atoms with Crippen molar-refractivity contribution in [3.05, 3.63) is 0 Å². The number of carbonyl (C=O) groups is 1. The summed E-state index contributed by atoms with van der Waals surface area (Å²) in [7, 11) is 0. The van der Waals surface area contributed by atoms with Gasteiger partial charge in [-0.25, -0.2) is 0 Å².